The van der Waals surface area contributed by atoms with Crippen LogP contribution in [-0.2, 0) is 23.7 Å². The van der Waals surface area contributed by atoms with E-state index in [1.165, 1.54) is 0 Å². The lowest BCUT2D eigenvalue weighted by Crippen LogP contribution is -2.42. The SMILES string of the molecule is CC(NC(=O)CCCN(CCOCCOCCOCCN)C(=O)OC(C)(C)C)C(C)(C)C. The summed E-state index contributed by atoms with van der Waals surface area (Å²) in [4.78, 5) is 26.4. The zero-order valence-electron chi connectivity index (χ0n) is 21.3. The van der Waals surface area contributed by atoms with Gasteiger partial charge in [0.2, 0.25) is 5.91 Å². The Kier molecular flexibility index (Phi) is 15.5. The third kappa shape index (κ3) is 17.2. The quantitative estimate of drug-likeness (QED) is 0.340. The van der Waals surface area contributed by atoms with Gasteiger partial charge in [-0.3, -0.25) is 4.79 Å². The highest BCUT2D eigenvalue weighted by atomic mass is 16.6. The number of rotatable bonds is 16. The number of nitrogens with two attached hydrogens (primary N) is 1. The number of hydrogen-bond donors (Lipinski definition) is 2. The molecule has 0 aliphatic carbocycles. The van der Waals surface area contributed by atoms with Crippen LogP contribution in [0.25, 0.3) is 0 Å². The smallest absolute Gasteiger partial charge is 0.410 e. The fraction of sp³-hybridized carbons (Fsp3) is 0.913. The van der Waals surface area contributed by atoms with Crippen LogP contribution < -0.4 is 11.1 Å². The molecule has 0 fully saturated rings. The van der Waals surface area contributed by atoms with Gasteiger partial charge in [0.25, 0.3) is 0 Å². The first-order valence-electron chi connectivity index (χ1n) is 11.6. The fourth-order valence-corrected chi connectivity index (χ4v) is 2.38. The van der Waals surface area contributed by atoms with Crippen LogP contribution in [0.1, 0.15) is 61.3 Å². The van der Waals surface area contributed by atoms with E-state index in [1.807, 2.05) is 27.7 Å². The van der Waals surface area contributed by atoms with Gasteiger partial charge in [0.05, 0.1) is 39.6 Å². The highest BCUT2D eigenvalue weighted by Crippen LogP contribution is 2.18. The van der Waals surface area contributed by atoms with E-state index < -0.39 is 11.7 Å². The molecule has 0 radical (unpaired) electrons. The molecule has 0 saturated heterocycles. The maximum Gasteiger partial charge on any atom is 0.410 e. The molecule has 190 valence electrons. The van der Waals surface area contributed by atoms with Gasteiger partial charge in [0.15, 0.2) is 0 Å². The van der Waals surface area contributed by atoms with Crippen LogP contribution in [0.2, 0.25) is 0 Å². The molecule has 3 N–H and O–H groups in total. The lowest BCUT2D eigenvalue weighted by Gasteiger charge is -2.29. The van der Waals surface area contributed by atoms with Crippen LogP contribution >= 0.6 is 0 Å². The van der Waals surface area contributed by atoms with Gasteiger partial charge in [-0.1, -0.05) is 20.8 Å². The van der Waals surface area contributed by atoms with Crippen LogP contribution in [0.5, 0.6) is 0 Å². The van der Waals surface area contributed by atoms with E-state index in [0.717, 1.165) is 0 Å². The second-order valence-corrected chi connectivity index (χ2v) is 9.85. The van der Waals surface area contributed by atoms with Crippen LogP contribution in [-0.4, -0.2) is 87.8 Å². The lowest BCUT2D eigenvalue weighted by molar-refractivity contribution is -0.122. The second-order valence-electron chi connectivity index (χ2n) is 9.85. The standard InChI is InChI=1S/C23H47N3O6/c1-19(22(2,3)4)25-20(27)9-8-11-26(21(28)32-23(5,6)7)12-14-30-16-18-31-17-15-29-13-10-24/h19H,8-18,24H2,1-7H3,(H,25,27). The molecule has 9 heteroatoms. The van der Waals surface area contributed by atoms with Crippen LogP contribution in [0.3, 0.4) is 0 Å². The van der Waals surface area contributed by atoms with Crippen molar-refractivity contribution in [3.05, 3.63) is 0 Å². The molecule has 2 amide bonds. The van der Waals surface area contributed by atoms with Gasteiger partial charge in [0, 0.05) is 32.1 Å². The average molecular weight is 462 g/mol. The minimum atomic E-state index is -0.588. The Morgan fingerprint density at radius 1 is 0.875 bits per heavy atom. The Hall–Kier alpha value is -1.42. The molecular weight excluding hydrogens is 414 g/mol. The molecule has 0 spiro atoms. The van der Waals surface area contributed by atoms with Gasteiger partial charge in [-0.15, -0.1) is 0 Å². The normalized spacial score (nSPS) is 13.0. The van der Waals surface area contributed by atoms with Crippen molar-refractivity contribution in [1.29, 1.82) is 0 Å². The summed E-state index contributed by atoms with van der Waals surface area (Å²) in [5.41, 5.74) is 4.75. The molecule has 0 bridgehead atoms. The van der Waals surface area contributed by atoms with E-state index in [0.29, 0.717) is 72.1 Å². The first-order valence-corrected chi connectivity index (χ1v) is 11.6. The largest absolute Gasteiger partial charge is 0.444 e. The van der Waals surface area contributed by atoms with Crippen LogP contribution in [0, 0.1) is 5.41 Å². The average Bonchev–Trinajstić information content (AvgIpc) is 2.65. The summed E-state index contributed by atoms with van der Waals surface area (Å²) in [5.74, 6) is -0.0135. The first-order chi connectivity index (χ1) is 14.9. The van der Waals surface area contributed by atoms with E-state index in [1.54, 1.807) is 4.90 Å². The summed E-state index contributed by atoms with van der Waals surface area (Å²) in [6, 6.07) is 0.0693. The van der Waals surface area contributed by atoms with E-state index in [9.17, 15) is 9.59 Å². The molecule has 0 heterocycles. The maximum atomic E-state index is 12.5. The number of ether oxygens (including phenoxy) is 4. The summed E-state index contributed by atoms with van der Waals surface area (Å²) < 4.78 is 21.7. The summed E-state index contributed by atoms with van der Waals surface area (Å²) in [6.45, 7) is 17.8. The number of hydrogen-bond acceptors (Lipinski definition) is 7. The lowest BCUT2D eigenvalue weighted by atomic mass is 9.88. The molecule has 0 aromatic heterocycles. The maximum absolute atomic E-state index is 12.5. The Bertz CT molecular complexity index is 517. The molecule has 9 nitrogen and oxygen atoms in total. The fourth-order valence-electron chi connectivity index (χ4n) is 2.38. The predicted molar refractivity (Wildman–Crippen MR) is 126 cm³/mol. The third-order valence-corrected chi connectivity index (χ3v) is 4.67. The van der Waals surface area contributed by atoms with Crippen molar-refractivity contribution >= 4 is 12.0 Å². The minimum absolute atomic E-state index is 0.00322. The van der Waals surface area contributed by atoms with Crippen LogP contribution in [0.4, 0.5) is 4.79 Å². The van der Waals surface area contributed by atoms with E-state index in [2.05, 4.69) is 26.1 Å². The van der Waals surface area contributed by atoms with Gasteiger partial charge >= 0.3 is 6.09 Å². The van der Waals surface area contributed by atoms with Gasteiger partial charge < -0.3 is 34.9 Å². The number of amides is 2. The van der Waals surface area contributed by atoms with Gasteiger partial charge in [-0.05, 0) is 39.5 Å². The third-order valence-electron chi connectivity index (χ3n) is 4.67. The summed E-state index contributed by atoms with van der Waals surface area (Å²) in [5, 5.41) is 3.02. The monoisotopic (exact) mass is 461 g/mol. The van der Waals surface area contributed by atoms with Gasteiger partial charge in [-0.2, -0.15) is 0 Å². The molecular formula is C23H47N3O6. The highest BCUT2D eigenvalue weighted by molar-refractivity contribution is 5.76. The molecule has 1 atom stereocenters. The second kappa shape index (κ2) is 16.2. The molecule has 1 unspecified atom stereocenters. The molecule has 0 rings (SSSR count). The van der Waals surface area contributed by atoms with Crippen molar-refractivity contribution < 1.29 is 28.5 Å². The molecule has 0 aromatic carbocycles. The first kappa shape index (κ1) is 30.6. The topological polar surface area (TPSA) is 112 Å². The van der Waals surface area contributed by atoms with Crippen molar-refractivity contribution in [3.63, 3.8) is 0 Å². The van der Waals surface area contributed by atoms with E-state index >= 15 is 0 Å². The molecule has 0 aromatic rings. The van der Waals surface area contributed by atoms with Gasteiger partial charge in [-0.25, -0.2) is 4.79 Å². The Morgan fingerprint density at radius 2 is 1.41 bits per heavy atom. The van der Waals surface area contributed by atoms with Crippen molar-refractivity contribution in [1.82, 2.24) is 10.2 Å². The number of carbonyl (C=O) groups excluding carboxylic acids is 2. The van der Waals surface area contributed by atoms with E-state index in [-0.39, 0.29) is 17.4 Å². The molecule has 0 aliphatic heterocycles. The highest BCUT2D eigenvalue weighted by Gasteiger charge is 2.23. The van der Waals surface area contributed by atoms with Crippen LogP contribution in [0.15, 0.2) is 0 Å². The van der Waals surface area contributed by atoms with E-state index in [4.69, 9.17) is 24.7 Å². The van der Waals surface area contributed by atoms with Crippen molar-refractivity contribution in [3.8, 4) is 0 Å². The van der Waals surface area contributed by atoms with Crippen molar-refractivity contribution in [2.75, 3.05) is 59.3 Å². The van der Waals surface area contributed by atoms with Gasteiger partial charge in [0.1, 0.15) is 5.60 Å². The Balaban J connectivity index is 4.32. The van der Waals surface area contributed by atoms with Crippen molar-refractivity contribution in [2.45, 2.75) is 73.0 Å². The Morgan fingerprint density at radius 3 is 1.91 bits per heavy atom. The number of nitrogens with zero attached hydrogens (tertiary/aromatic N) is 1. The number of carbonyl (C=O) groups is 2. The number of nitrogens with one attached hydrogen (secondary N) is 1. The Labute approximate surface area is 194 Å². The predicted octanol–water partition coefficient (Wildman–Crippen LogP) is 2.56. The summed E-state index contributed by atoms with van der Waals surface area (Å²) in [7, 11) is 0. The molecule has 0 aliphatic rings. The zero-order valence-corrected chi connectivity index (χ0v) is 21.3. The minimum Gasteiger partial charge on any atom is -0.444 e. The summed E-state index contributed by atoms with van der Waals surface area (Å²) in [6.07, 6.45) is 0.493. The zero-order chi connectivity index (χ0) is 24.6. The molecule has 32 heavy (non-hydrogen) atoms. The van der Waals surface area contributed by atoms with Crippen molar-refractivity contribution in [2.24, 2.45) is 11.1 Å². The molecule has 0 saturated carbocycles. The summed E-state index contributed by atoms with van der Waals surface area (Å²) >= 11 is 0.